The van der Waals surface area contributed by atoms with E-state index in [9.17, 15) is 9.59 Å². The minimum absolute atomic E-state index is 0.135. The lowest BCUT2D eigenvalue weighted by Crippen LogP contribution is -2.34. The normalized spacial score (nSPS) is 11.6. The number of amides is 1. The standard InChI is InChI=1S/C15H21NO4/c1-5-20-13-8-6-12(7-9-13)14(17)16(3)10-11(2)15(18)19-4/h6-9,11H,5,10H2,1-4H3. The third-order valence-electron chi connectivity index (χ3n) is 2.91. The maximum Gasteiger partial charge on any atom is 0.310 e. The average molecular weight is 279 g/mol. The first kappa shape index (κ1) is 16.0. The molecule has 0 spiro atoms. The number of hydrogen-bond donors (Lipinski definition) is 0. The number of benzene rings is 1. The molecular formula is C15H21NO4. The molecule has 1 aromatic rings. The molecule has 1 atom stereocenters. The van der Waals surface area contributed by atoms with Crippen molar-refractivity contribution in [2.24, 2.45) is 5.92 Å². The summed E-state index contributed by atoms with van der Waals surface area (Å²) >= 11 is 0. The molecule has 0 saturated carbocycles. The van der Waals surface area contributed by atoms with E-state index in [-0.39, 0.29) is 17.8 Å². The monoisotopic (exact) mass is 279 g/mol. The molecule has 0 heterocycles. The van der Waals surface area contributed by atoms with Gasteiger partial charge in [0.1, 0.15) is 5.75 Å². The van der Waals surface area contributed by atoms with E-state index in [1.807, 2.05) is 6.92 Å². The van der Waals surface area contributed by atoms with E-state index in [2.05, 4.69) is 4.74 Å². The third-order valence-corrected chi connectivity index (χ3v) is 2.91. The molecule has 1 aromatic carbocycles. The fourth-order valence-electron chi connectivity index (χ4n) is 1.85. The van der Waals surface area contributed by atoms with Crippen molar-refractivity contribution in [3.8, 4) is 5.75 Å². The maximum absolute atomic E-state index is 12.2. The second-order valence-electron chi connectivity index (χ2n) is 4.57. The van der Waals surface area contributed by atoms with E-state index in [1.165, 1.54) is 12.0 Å². The van der Waals surface area contributed by atoms with Crippen molar-refractivity contribution in [1.29, 1.82) is 0 Å². The van der Waals surface area contributed by atoms with Crippen LogP contribution in [0.15, 0.2) is 24.3 Å². The Bertz CT molecular complexity index is 455. The molecule has 0 bridgehead atoms. The molecule has 0 saturated heterocycles. The highest BCUT2D eigenvalue weighted by molar-refractivity contribution is 5.94. The summed E-state index contributed by atoms with van der Waals surface area (Å²) in [6, 6.07) is 6.95. The summed E-state index contributed by atoms with van der Waals surface area (Å²) in [5, 5.41) is 0. The van der Waals surface area contributed by atoms with Gasteiger partial charge in [0.15, 0.2) is 0 Å². The van der Waals surface area contributed by atoms with Crippen molar-refractivity contribution < 1.29 is 19.1 Å². The number of nitrogens with zero attached hydrogens (tertiary/aromatic N) is 1. The predicted octanol–water partition coefficient (Wildman–Crippen LogP) is 1.97. The lowest BCUT2D eigenvalue weighted by molar-refractivity contribution is -0.145. The highest BCUT2D eigenvalue weighted by Crippen LogP contribution is 2.14. The lowest BCUT2D eigenvalue weighted by Gasteiger charge is -2.20. The smallest absolute Gasteiger partial charge is 0.310 e. The largest absolute Gasteiger partial charge is 0.494 e. The van der Waals surface area contributed by atoms with E-state index < -0.39 is 0 Å². The minimum atomic E-state index is -0.350. The topological polar surface area (TPSA) is 55.8 Å². The zero-order valence-corrected chi connectivity index (χ0v) is 12.4. The van der Waals surface area contributed by atoms with E-state index >= 15 is 0 Å². The summed E-state index contributed by atoms with van der Waals surface area (Å²) in [6.45, 7) is 4.54. The summed E-state index contributed by atoms with van der Waals surface area (Å²) in [7, 11) is 3.01. The molecule has 5 nitrogen and oxygen atoms in total. The van der Waals surface area contributed by atoms with Crippen LogP contribution in [0.4, 0.5) is 0 Å². The van der Waals surface area contributed by atoms with Crippen molar-refractivity contribution in [1.82, 2.24) is 4.90 Å². The Morgan fingerprint density at radius 2 is 1.85 bits per heavy atom. The Kier molecular flexibility index (Phi) is 6.03. The fourth-order valence-corrected chi connectivity index (χ4v) is 1.85. The van der Waals surface area contributed by atoms with Crippen molar-refractivity contribution in [2.45, 2.75) is 13.8 Å². The van der Waals surface area contributed by atoms with Crippen LogP contribution in [0.2, 0.25) is 0 Å². The number of rotatable bonds is 6. The number of ether oxygens (including phenoxy) is 2. The molecule has 1 unspecified atom stereocenters. The van der Waals surface area contributed by atoms with Crippen LogP contribution in [0, 0.1) is 5.92 Å². The summed E-state index contributed by atoms with van der Waals surface area (Å²) in [4.78, 5) is 25.1. The van der Waals surface area contributed by atoms with Crippen molar-refractivity contribution in [3.63, 3.8) is 0 Å². The first-order chi connectivity index (χ1) is 9.49. The van der Waals surface area contributed by atoms with Gasteiger partial charge in [0.25, 0.3) is 5.91 Å². The van der Waals surface area contributed by atoms with Gasteiger partial charge in [0.05, 0.1) is 19.6 Å². The van der Waals surface area contributed by atoms with Crippen LogP contribution < -0.4 is 4.74 Å². The van der Waals surface area contributed by atoms with Crippen LogP contribution in [-0.2, 0) is 9.53 Å². The molecular weight excluding hydrogens is 258 g/mol. The summed E-state index contributed by atoms with van der Waals surface area (Å²) in [5.74, 6) is -0.0774. The second kappa shape index (κ2) is 7.53. The summed E-state index contributed by atoms with van der Waals surface area (Å²) in [5.41, 5.74) is 0.563. The van der Waals surface area contributed by atoms with Gasteiger partial charge in [-0.2, -0.15) is 0 Å². The number of esters is 1. The minimum Gasteiger partial charge on any atom is -0.494 e. The number of methoxy groups -OCH3 is 1. The Labute approximate surface area is 119 Å². The Balaban J connectivity index is 2.66. The van der Waals surface area contributed by atoms with Crippen LogP contribution >= 0.6 is 0 Å². The molecule has 20 heavy (non-hydrogen) atoms. The Hall–Kier alpha value is -2.04. The van der Waals surface area contributed by atoms with Gasteiger partial charge < -0.3 is 14.4 Å². The van der Waals surface area contributed by atoms with E-state index in [4.69, 9.17) is 4.74 Å². The molecule has 0 aliphatic rings. The first-order valence-electron chi connectivity index (χ1n) is 6.55. The van der Waals surface area contributed by atoms with Gasteiger partial charge in [-0.25, -0.2) is 0 Å². The molecule has 0 aromatic heterocycles. The van der Waals surface area contributed by atoms with Crippen LogP contribution in [0.1, 0.15) is 24.2 Å². The SMILES string of the molecule is CCOc1ccc(C(=O)N(C)CC(C)C(=O)OC)cc1. The Morgan fingerprint density at radius 3 is 2.35 bits per heavy atom. The van der Waals surface area contributed by atoms with Gasteiger partial charge in [0.2, 0.25) is 0 Å². The van der Waals surface area contributed by atoms with Crippen LogP contribution in [0.25, 0.3) is 0 Å². The summed E-state index contributed by atoms with van der Waals surface area (Å²) in [6.07, 6.45) is 0. The van der Waals surface area contributed by atoms with Gasteiger partial charge in [0, 0.05) is 19.2 Å². The lowest BCUT2D eigenvalue weighted by atomic mass is 10.1. The fraction of sp³-hybridized carbons (Fsp3) is 0.467. The molecule has 1 rings (SSSR count). The summed E-state index contributed by atoms with van der Waals surface area (Å²) < 4.78 is 9.97. The van der Waals surface area contributed by atoms with E-state index in [1.54, 1.807) is 38.2 Å². The van der Waals surface area contributed by atoms with Gasteiger partial charge in [-0.05, 0) is 31.2 Å². The predicted molar refractivity (Wildman–Crippen MR) is 75.8 cm³/mol. The van der Waals surface area contributed by atoms with Gasteiger partial charge in [-0.1, -0.05) is 6.92 Å². The molecule has 110 valence electrons. The number of carbonyl (C=O) groups excluding carboxylic acids is 2. The maximum atomic E-state index is 12.2. The zero-order chi connectivity index (χ0) is 15.1. The highest BCUT2D eigenvalue weighted by atomic mass is 16.5. The molecule has 0 aliphatic heterocycles. The van der Waals surface area contributed by atoms with E-state index in [0.29, 0.717) is 18.7 Å². The number of hydrogen-bond acceptors (Lipinski definition) is 4. The second-order valence-corrected chi connectivity index (χ2v) is 4.57. The van der Waals surface area contributed by atoms with Gasteiger partial charge >= 0.3 is 5.97 Å². The van der Waals surface area contributed by atoms with Crippen molar-refractivity contribution >= 4 is 11.9 Å². The van der Waals surface area contributed by atoms with Crippen LogP contribution in [-0.4, -0.2) is 44.1 Å². The first-order valence-corrected chi connectivity index (χ1v) is 6.55. The number of carbonyl (C=O) groups is 2. The van der Waals surface area contributed by atoms with Gasteiger partial charge in [-0.3, -0.25) is 9.59 Å². The quantitative estimate of drug-likeness (QED) is 0.747. The zero-order valence-electron chi connectivity index (χ0n) is 12.4. The van der Waals surface area contributed by atoms with E-state index in [0.717, 1.165) is 5.75 Å². The van der Waals surface area contributed by atoms with Crippen LogP contribution in [0.5, 0.6) is 5.75 Å². The molecule has 1 amide bonds. The molecule has 0 aliphatic carbocycles. The van der Waals surface area contributed by atoms with Crippen molar-refractivity contribution in [3.05, 3.63) is 29.8 Å². The molecule has 0 N–H and O–H groups in total. The molecule has 0 radical (unpaired) electrons. The Morgan fingerprint density at radius 1 is 1.25 bits per heavy atom. The molecule has 0 fully saturated rings. The average Bonchev–Trinajstić information content (AvgIpc) is 2.46. The van der Waals surface area contributed by atoms with Crippen LogP contribution in [0.3, 0.4) is 0 Å². The van der Waals surface area contributed by atoms with Gasteiger partial charge in [-0.15, -0.1) is 0 Å². The van der Waals surface area contributed by atoms with Crippen molar-refractivity contribution in [2.75, 3.05) is 27.3 Å². The third kappa shape index (κ3) is 4.26. The highest BCUT2D eigenvalue weighted by Gasteiger charge is 2.19. The molecule has 5 heteroatoms.